The molecule has 3 N–H and O–H groups in total. The number of nitrogens with zero attached hydrogens (tertiary/aromatic N) is 1. The van der Waals surface area contributed by atoms with Crippen LogP contribution in [0.15, 0.2) is 52.1 Å². The van der Waals surface area contributed by atoms with Crippen LogP contribution in [0.1, 0.15) is 29.2 Å². The van der Waals surface area contributed by atoms with Gasteiger partial charge in [-0.1, -0.05) is 30.3 Å². The summed E-state index contributed by atoms with van der Waals surface area (Å²) >= 11 is 0. The molecule has 1 unspecified atom stereocenters. The molecule has 6 nitrogen and oxygen atoms in total. The number of nitrogens with one attached hydrogen (secondary N) is 1. The van der Waals surface area contributed by atoms with E-state index in [-0.39, 0.29) is 30.7 Å². The Kier molecular flexibility index (Phi) is 5.39. The first kappa shape index (κ1) is 19.8. The summed E-state index contributed by atoms with van der Waals surface area (Å²) in [6.45, 7) is -0.469. The molecule has 0 saturated heterocycles. The van der Waals surface area contributed by atoms with E-state index in [1.54, 1.807) is 18.2 Å². The highest BCUT2D eigenvalue weighted by Gasteiger charge is 2.37. The highest BCUT2D eigenvalue weighted by molar-refractivity contribution is 5.83. The van der Waals surface area contributed by atoms with Gasteiger partial charge in [0, 0.05) is 18.7 Å². The Morgan fingerprint density at radius 3 is 2.36 bits per heavy atom. The second-order valence-electron chi connectivity index (χ2n) is 6.22. The average Bonchev–Trinajstić information content (AvgIpc) is 2.66. The van der Waals surface area contributed by atoms with E-state index in [4.69, 9.17) is 5.11 Å². The third kappa shape index (κ3) is 3.58. The number of fused-ring (bicyclic) bond motifs is 1. The smallest absolute Gasteiger partial charge is 0.396 e. The number of benzene rings is 2. The van der Waals surface area contributed by atoms with Gasteiger partial charge in [-0.3, -0.25) is 9.36 Å². The predicted molar refractivity (Wildman–Crippen MR) is 96.0 cm³/mol. The molecule has 28 heavy (non-hydrogen) atoms. The van der Waals surface area contributed by atoms with Crippen LogP contribution in [0.5, 0.6) is 0 Å². The summed E-state index contributed by atoms with van der Waals surface area (Å²) in [5.74, 6) is 0. The van der Waals surface area contributed by atoms with Crippen molar-refractivity contribution in [3.8, 4) is 0 Å². The van der Waals surface area contributed by atoms with Crippen molar-refractivity contribution >= 4 is 10.9 Å². The van der Waals surface area contributed by atoms with Crippen LogP contribution in [0.25, 0.3) is 10.9 Å². The van der Waals surface area contributed by atoms with Crippen molar-refractivity contribution in [2.24, 2.45) is 0 Å². The molecular formula is C19H17F3N2O4. The molecule has 2 aromatic carbocycles. The number of alkyl halides is 3. The predicted octanol–water partition coefficient (Wildman–Crippen LogP) is 2.17. The summed E-state index contributed by atoms with van der Waals surface area (Å²) < 4.78 is 41.6. The number of halogens is 3. The number of hydrogen-bond acceptors (Lipinski definition) is 4. The van der Waals surface area contributed by atoms with E-state index in [0.717, 1.165) is 16.7 Å². The number of hydrogen-bond donors (Lipinski definition) is 3. The van der Waals surface area contributed by atoms with E-state index >= 15 is 0 Å². The third-order valence-electron chi connectivity index (χ3n) is 4.43. The summed E-state index contributed by atoms with van der Waals surface area (Å²) in [6.07, 6.45) is -6.48. The molecule has 0 fully saturated rings. The van der Waals surface area contributed by atoms with Gasteiger partial charge in [0.05, 0.1) is 16.5 Å². The number of aliphatic hydroxyl groups excluding tert-OH is 2. The largest absolute Gasteiger partial charge is 0.416 e. The van der Waals surface area contributed by atoms with E-state index in [1.165, 1.54) is 12.1 Å². The molecule has 0 aliphatic rings. The number of aromatic nitrogens is 2. The Hall–Kier alpha value is -2.91. The molecular weight excluding hydrogens is 377 g/mol. The van der Waals surface area contributed by atoms with Crippen LogP contribution >= 0.6 is 0 Å². The Labute approximate surface area is 156 Å². The van der Waals surface area contributed by atoms with Gasteiger partial charge in [0.2, 0.25) is 0 Å². The number of aliphatic hydroxyl groups is 2. The fourth-order valence-electron chi connectivity index (χ4n) is 3.13. The van der Waals surface area contributed by atoms with Crippen molar-refractivity contribution in [2.45, 2.75) is 25.2 Å². The van der Waals surface area contributed by atoms with E-state index in [2.05, 4.69) is 4.98 Å². The fourth-order valence-corrected chi connectivity index (χ4v) is 3.13. The van der Waals surface area contributed by atoms with E-state index in [1.807, 2.05) is 0 Å². The minimum absolute atomic E-state index is 0.0734. The molecule has 0 aliphatic heterocycles. The minimum atomic E-state index is -4.82. The van der Waals surface area contributed by atoms with Crippen LogP contribution in [0.2, 0.25) is 0 Å². The van der Waals surface area contributed by atoms with Gasteiger partial charge < -0.3 is 15.2 Å². The van der Waals surface area contributed by atoms with Crippen LogP contribution in [-0.2, 0) is 12.7 Å². The lowest BCUT2D eigenvalue weighted by molar-refractivity contribution is -0.138. The first-order chi connectivity index (χ1) is 13.3. The van der Waals surface area contributed by atoms with Crippen molar-refractivity contribution in [2.75, 3.05) is 6.61 Å². The van der Waals surface area contributed by atoms with E-state index in [9.17, 15) is 27.9 Å². The highest BCUT2D eigenvalue weighted by Crippen LogP contribution is 2.39. The molecule has 148 valence electrons. The summed E-state index contributed by atoms with van der Waals surface area (Å²) in [7, 11) is 0. The second-order valence-corrected chi connectivity index (χ2v) is 6.22. The Balaban J connectivity index is 2.40. The van der Waals surface area contributed by atoms with Crippen molar-refractivity contribution in [3.05, 3.63) is 80.0 Å². The molecule has 0 saturated carbocycles. The van der Waals surface area contributed by atoms with Gasteiger partial charge in [0.15, 0.2) is 0 Å². The zero-order valence-electron chi connectivity index (χ0n) is 14.5. The Morgan fingerprint density at radius 1 is 1.07 bits per heavy atom. The molecule has 1 heterocycles. The first-order valence-corrected chi connectivity index (χ1v) is 8.46. The molecule has 0 bridgehead atoms. The van der Waals surface area contributed by atoms with E-state index < -0.39 is 40.0 Å². The maximum Gasteiger partial charge on any atom is 0.416 e. The average molecular weight is 394 g/mol. The maximum atomic E-state index is 13.6. The quantitative estimate of drug-likeness (QED) is 0.618. The normalized spacial score (nSPS) is 13.0. The number of rotatable bonds is 5. The first-order valence-electron chi connectivity index (χ1n) is 8.46. The van der Waals surface area contributed by atoms with Crippen LogP contribution in [0, 0.1) is 0 Å². The molecule has 0 amide bonds. The highest BCUT2D eigenvalue weighted by atomic mass is 19.4. The Bertz CT molecular complexity index is 1100. The summed E-state index contributed by atoms with van der Waals surface area (Å²) in [5, 5.41) is 19.2. The lowest BCUT2D eigenvalue weighted by Gasteiger charge is -2.20. The summed E-state index contributed by atoms with van der Waals surface area (Å²) in [4.78, 5) is 27.4. The van der Waals surface area contributed by atoms with Gasteiger partial charge in [-0.2, -0.15) is 13.2 Å². The number of H-pyrrole nitrogens is 1. The lowest BCUT2D eigenvalue weighted by Crippen LogP contribution is -2.36. The molecule has 0 aliphatic carbocycles. The topological polar surface area (TPSA) is 95.3 Å². The van der Waals surface area contributed by atoms with Crippen molar-refractivity contribution < 1.29 is 23.4 Å². The molecule has 3 rings (SSSR count). The fraction of sp³-hybridized carbons (Fsp3) is 0.263. The van der Waals surface area contributed by atoms with Gasteiger partial charge in [-0.05, 0) is 24.1 Å². The molecule has 3 aromatic rings. The van der Waals surface area contributed by atoms with Gasteiger partial charge in [-0.15, -0.1) is 0 Å². The Morgan fingerprint density at radius 2 is 1.75 bits per heavy atom. The molecule has 1 aromatic heterocycles. The molecule has 9 heteroatoms. The monoisotopic (exact) mass is 394 g/mol. The second kappa shape index (κ2) is 7.61. The van der Waals surface area contributed by atoms with E-state index in [0.29, 0.717) is 0 Å². The summed E-state index contributed by atoms with van der Waals surface area (Å²) in [6, 6.07) is 9.37. The van der Waals surface area contributed by atoms with Gasteiger partial charge in [0.25, 0.3) is 5.56 Å². The zero-order valence-corrected chi connectivity index (χ0v) is 14.5. The maximum absolute atomic E-state index is 13.6. The van der Waals surface area contributed by atoms with Crippen LogP contribution < -0.4 is 11.2 Å². The molecule has 0 radical (unpaired) electrons. The van der Waals surface area contributed by atoms with Crippen LogP contribution in [-0.4, -0.2) is 26.4 Å². The standard InChI is InChI=1S/C19H17F3N2O4/c20-19(21,22)12-7-8-13-15(14(12)16(26)11-5-2-1-3-6-11)17(27)24(9-4-10-25)18(28)23-13/h1-3,5-8,16,25-26H,4,9-10H2,(H,23,28). The van der Waals surface area contributed by atoms with Gasteiger partial charge >= 0.3 is 11.9 Å². The van der Waals surface area contributed by atoms with Gasteiger partial charge in [0.1, 0.15) is 6.10 Å². The van der Waals surface area contributed by atoms with Gasteiger partial charge in [-0.25, -0.2) is 4.79 Å². The van der Waals surface area contributed by atoms with Crippen LogP contribution in [0.3, 0.4) is 0 Å². The molecule has 0 spiro atoms. The van der Waals surface area contributed by atoms with Crippen molar-refractivity contribution in [1.82, 2.24) is 9.55 Å². The van der Waals surface area contributed by atoms with Crippen molar-refractivity contribution in [3.63, 3.8) is 0 Å². The SMILES string of the molecule is O=c1[nH]c2ccc(C(F)(F)F)c(C(O)c3ccccc3)c2c(=O)n1CCCO. The number of aromatic amines is 1. The zero-order chi connectivity index (χ0) is 20.5. The van der Waals surface area contributed by atoms with Crippen molar-refractivity contribution in [1.29, 1.82) is 0 Å². The van der Waals surface area contributed by atoms with Crippen LogP contribution in [0.4, 0.5) is 13.2 Å². The summed E-state index contributed by atoms with van der Waals surface area (Å²) in [5.41, 5.74) is -3.46. The lowest BCUT2D eigenvalue weighted by atomic mass is 9.93. The third-order valence-corrected chi connectivity index (χ3v) is 4.43. The minimum Gasteiger partial charge on any atom is -0.396 e. The molecule has 1 atom stereocenters.